The molecule has 0 fully saturated rings. The molecule has 0 aliphatic carbocycles. The van der Waals surface area contributed by atoms with Gasteiger partial charge in [-0.3, -0.25) is 4.90 Å². The third-order valence-electron chi connectivity index (χ3n) is 2.30. The largest absolute Gasteiger partial charge is 0.384 e. The van der Waals surface area contributed by atoms with E-state index in [4.69, 9.17) is 9.84 Å². The van der Waals surface area contributed by atoms with Gasteiger partial charge in [0.05, 0.1) is 17.6 Å². The SMILES string of the molecule is CC(C)OCCN(C)Cc1ccc(C#CCO)s1. The van der Waals surface area contributed by atoms with Crippen LogP contribution in [-0.4, -0.2) is 42.9 Å². The normalized spacial score (nSPS) is 10.8. The van der Waals surface area contributed by atoms with Crippen LogP contribution in [0.15, 0.2) is 12.1 Å². The summed E-state index contributed by atoms with van der Waals surface area (Å²) in [5.74, 6) is 5.58. The standard InChI is InChI=1S/C14H21NO2S/c1-12(2)17-10-8-15(3)11-14-7-6-13(18-14)5-4-9-16/h6-7,12,16H,8-11H2,1-3H3. The van der Waals surface area contributed by atoms with Crippen molar-refractivity contribution in [3.05, 3.63) is 21.9 Å². The monoisotopic (exact) mass is 267 g/mol. The fraction of sp³-hybridized carbons (Fsp3) is 0.571. The van der Waals surface area contributed by atoms with Crippen LogP contribution < -0.4 is 0 Å². The number of nitrogens with zero attached hydrogens (tertiary/aromatic N) is 1. The summed E-state index contributed by atoms with van der Waals surface area (Å²) in [5, 5.41) is 8.63. The van der Waals surface area contributed by atoms with Gasteiger partial charge >= 0.3 is 0 Å². The molecule has 0 saturated heterocycles. The van der Waals surface area contributed by atoms with E-state index in [1.54, 1.807) is 11.3 Å². The molecule has 100 valence electrons. The maximum Gasteiger partial charge on any atom is 0.104 e. The molecule has 0 spiro atoms. The topological polar surface area (TPSA) is 32.7 Å². The number of aliphatic hydroxyl groups is 1. The number of likely N-dealkylation sites (N-methyl/N-ethyl adjacent to an activating group) is 1. The predicted molar refractivity (Wildman–Crippen MR) is 75.7 cm³/mol. The van der Waals surface area contributed by atoms with Gasteiger partial charge in [-0.2, -0.15) is 0 Å². The summed E-state index contributed by atoms with van der Waals surface area (Å²) < 4.78 is 5.52. The van der Waals surface area contributed by atoms with Crippen molar-refractivity contribution in [3.8, 4) is 11.8 Å². The highest BCUT2D eigenvalue weighted by molar-refractivity contribution is 7.12. The van der Waals surface area contributed by atoms with Crippen molar-refractivity contribution in [3.63, 3.8) is 0 Å². The van der Waals surface area contributed by atoms with Gasteiger partial charge in [0.15, 0.2) is 0 Å². The van der Waals surface area contributed by atoms with E-state index in [-0.39, 0.29) is 6.61 Å². The van der Waals surface area contributed by atoms with Crippen LogP contribution in [0.2, 0.25) is 0 Å². The van der Waals surface area contributed by atoms with Crippen molar-refractivity contribution >= 4 is 11.3 Å². The number of hydrogen-bond acceptors (Lipinski definition) is 4. The maximum absolute atomic E-state index is 8.63. The third-order valence-corrected chi connectivity index (χ3v) is 3.29. The molecule has 0 bridgehead atoms. The fourth-order valence-electron chi connectivity index (χ4n) is 1.45. The Labute approximate surface area is 113 Å². The molecule has 0 aliphatic rings. The lowest BCUT2D eigenvalue weighted by atomic mass is 10.4. The lowest BCUT2D eigenvalue weighted by Crippen LogP contribution is -2.23. The van der Waals surface area contributed by atoms with Gasteiger partial charge in [-0.15, -0.1) is 11.3 Å². The van der Waals surface area contributed by atoms with E-state index in [2.05, 4.69) is 29.9 Å². The third kappa shape index (κ3) is 6.18. The zero-order valence-electron chi connectivity index (χ0n) is 11.3. The molecule has 0 unspecified atom stereocenters. The minimum Gasteiger partial charge on any atom is -0.384 e. The Kier molecular flexibility index (Phi) is 6.99. The Bertz CT molecular complexity index is 403. The van der Waals surface area contributed by atoms with Crippen LogP contribution in [0.1, 0.15) is 23.6 Å². The Morgan fingerprint density at radius 2 is 2.22 bits per heavy atom. The Hall–Kier alpha value is -0.860. The van der Waals surface area contributed by atoms with E-state index < -0.39 is 0 Å². The van der Waals surface area contributed by atoms with Crippen LogP contribution in [-0.2, 0) is 11.3 Å². The first-order valence-electron chi connectivity index (χ1n) is 6.10. The van der Waals surface area contributed by atoms with Gasteiger partial charge in [0, 0.05) is 18.0 Å². The van der Waals surface area contributed by atoms with Crippen LogP contribution in [0.5, 0.6) is 0 Å². The van der Waals surface area contributed by atoms with E-state index >= 15 is 0 Å². The van der Waals surface area contributed by atoms with Gasteiger partial charge in [-0.05, 0) is 33.0 Å². The average Bonchev–Trinajstić information content (AvgIpc) is 2.73. The first-order chi connectivity index (χ1) is 8.61. The van der Waals surface area contributed by atoms with E-state index in [9.17, 15) is 0 Å². The quantitative estimate of drug-likeness (QED) is 0.800. The summed E-state index contributed by atoms with van der Waals surface area (Å²) in [6, 6.07) is 4.09. The Morgan fingerprint density at radius 1 is 1.44 bits per heavy atom. The van der Waals surface area contributed by atoms with Gasteiger partial charge in [0.25, 0.3) is 0 Å². The van der Waals surface area contributed by atoms with E-state index in [1.165, 1.54) is 4.88 Å². The molecule has 0 aromatic carbocycles. The molecule has 18 heavy (non-hydrogen) atoms. The van der Waals surface area contributed by atoms with Crippen LogP contribution in [0.25, 0.3) is 0 Å². The number of rotatable bonds is 6. The van der Waals surface area contributed by atoms with E-state index in [0.29, 0.717) is 6.10 Å². The molecular formula is C14H21NO2S. The van der Waals surface area contributed by atoms with Crippen molar-refractivity contribution in [2.45, 2.75) is 26.5 Å². The van der Waals surface area contributed by atoms with Gasteiger partial charge in [-0.25, -0.2) is 0 Å². The molecule has 1 N–H and O–H groups in total. The maximum atomic E-state index is 8.63. The molecule has 3 nitrogen and oxygen atoms in total. The number of hydrogen-bond donors (Lipinski definition) is 1. The highest BCUT2D eigenvalue weighted by Gasteiger charge is 2.03. The summed E-state index contributed by atoms with van der Waals surface area (Å²) in [4.78, 5) is 4.52. The fourth-order valence-corrected chi connectivity index (χ4v) is 2.41. The van der Waals surface area contributed by atoms with Crippen LogP contribution >= 0.6 is 11.3 Å². The second-order valence-corrected chi connectivity index (χ2v) is 5.55. The first-order valence-corrected chi connectivity index (χ1v) is 6.92. The van der Waals surface area contributed by atoms with Crippen molar-refractivity contribution in [1.29, 1.82) is 0 Å². The molecule has 0 radical (unpaired) electrons. The van der Waals surface area contributed by atoms with E-state index in [1.807, 2.05) is 19.9 Å². The predicted octanol–water partition coefficient (Wildman–Crippen LogP) is 1.95. The molecule has 0 atom stereocenters. The van der Waals surface area contributed by atoms with Crippen molar-refractivity contribution in [1.82, 2.24) is 4.90 Å². The van der Waals surface area contributed by atoms with Crippen LogP contribution in [0, 0.1) is 11.8 Å². The molecule has 1 aromatic rings. The van der Waals surface area contributed by atoms with Gasteiger partial charge in [0.2, 0.25) is 0 Å². The Balaban J connectivity index is 2.35. The van der Waals surface area contributed by atoms with Crippen LogP contribution in [0.3, 0.4) is 0 Å². The molecular weight excluding hydrogens is 246 g/mol. The first kappa shape index (κ1) is 15.2. The van der Waals surface area contributed by atoms with Gasteiger partial charge < -0.3 is 9.84 Å². The molecule has 1 aromatic heterocycles. The van der Waals surface area contributed by atoms with Crippen molar-refractivity contribution in [2.24, 2.45) is 0 Å². The molecule has 1 heterocycles. The summed E-state index contributed by atoms with van der Waals surface area (Å²) in [7, 11) is 2.09. The lowest BCUT2D eigenvalue weighted by molar-refractivity contribution is 0.0628. The minimum atomic E-state index is -0.0837. The van der Waals surface area contributed by atoms with E-state index in [0.717, 1.165) is 24.6 Å². The number of ether oxygens (including phenoxy) is 1. The molecule has 1 rings (SSSR count). The van der Waals surface area contributed by atoms with Gasteiger partial charge in [-0.1, -0.05) is 11.8 Å². The summed E-state index contributed by atoms with van der Waals surface area (Å²) in [6.45, 7) is 6.60. The second-order valence-electron chi connectivity index (χ2n) is 4.38. The summed E-state index contributed by atoms with van der Waals surface area (Å²) in [5.41, 5.74) is 0. The average molecular weight is 267 g/mol. The van der Waals surface area contributed by atoms with Crippen molar-refractivity contribution in [2.75, 3.05) is 26.8 Å². The molecule has 0 aliphatic heterocycles. The Morgan fingerprint density at radius 3 is 2.89 bits per heavy atom. The zero-order valence-corrected chi connectivity index (χ0v) is 12.1. The highest BCUT2D eigenvalue weighted by atomic mass is 32.1. The number of aliphatic hydroxyl groups excluding tert-OH is 1. The molecule has 4 heteroatoms. The summed E-state index contributed by atoms with van der Waals surface area (Å²) in [6.07, 6.45) is 0.292. The van der Waals surface area contributed by atoms with Gasteiger partial charge in [0.1, 0.15) is 6.61 Å². The van der Waals surface area contributed by atoms with Crippen molar-refractivity contribution < 1.29 is 9.84 Å². The highest BCUT2D eigenvalue weighted by Crippen LogP contribution is 2.16. The second kappa shape index (κ2) is 8.28. The smallest absolute Gasteiger partial charge is 0.104 e. The van der Waals surface area contributed by atoms with Crippen LogP contribution in [0.4, 0.5) is 0 Å². The zero-order chi connectivity index (χ0) is 13.4. The molecule has 0 saturated carbocycles. The molecule has 0 amide bonds. The minimum absolute atomic E-state index is 0.0837. The number of thiophene rings is 1. The summed E-state index contributed by atoms with van der Waals surface area (Å²) >= 11 is 1.67. The lowest BCUT2D eigenvalue weighted by Gasteiger charge is -2.16.